The van der Waals surface area contributed by atoms with Crippen LogP contribution in [0, 0.1) is 19.7 Å². The average molecular weight is 266 g/mol. The maximum Gasteiger partial charge on any atom is 0.123 e. The minimum Gasteiger partial charge on any atom is -0.240 e. The average Bonchev–Trinajstić information content (AvgIpc) is 2.88. The number of benzene rings is 2. The first-order valence-electron chi connectivity index (χ1n) is 6.53. The molecule has 0 unspecified atom stereocenters. The molecule has 0 spiro atoms. The summed E-state index contributed by atoms with van der Waals surface area (Å²) in [6.45, 7) is 3.95. The summed E-state index contributed by atoms with van der Waals surface area (Å²) < 4.78 is 15.0. The monoisotopic (exact) mass is 266 g/mol. The molecule has 100 valence electrons. The Bertz CT molecular complexity index is 759. The molecule has 0 aliphatic carbocycles. The van der Waals surface area contributed by atoms with Crippen molar-refractivity contribution < 1.29 is 4.39 Å². The van der Waals surface area contributed by atoms with Crippen LogP contribution < -0.4 is 0 Å². The van der Waals surface area contributed by atoms with Crippen molar-refractivity contribution in [3.63, 3.8) is 0 Å². The number of nitrogens with zero attached hydrogens (tertiary/aromatic N) is 2. The molecule has 0 N–H and O–H groups in total. The third kappa shape index (κ3) is 2.23. The molecule has 0 atom stereocenters. The number of rotatable bonds is 2. The predicted molar refractivity (Wildman–Crippen MR) is 78.4 cm³/mol. The number of aryl methyl sites for hydroxylation is 2. The van der Waals surface area contributed by atoms with E-state index in [0.29, 0.717) is 0 Å². The Hall–Kier alpha value is -2.42. The van der Waals surface area contributed by atoms with Gasteiger partial charge in [0.25, 0.3) is 0 Å². The number of halogens is 1. The first kappa shape index (κ1) is 12.6. The summed E-state index contributed by atoms with van der Waals surface area (Å²) in [6.07, 6.45) is 1.93. The van der Waals surface area contributed by atoms with Crippen molar-refractivity contribution in [2.75, 3.05) is 0 Å². The number of aromatic nitrogens is 2. The minimum atomic E-state index is -0.218. The summed E-state index contributed by atoms with van der Waals surface area (Å²) in [5.41, 5.74) is 4.92. The number of hydrogen-bond donors (Lipinski definition) is 0. The molecule has 3 heteroatoms. The maximum atomic E-state index is 13.2. The molecular formula is C17H15FN2. The molecule has 0 aliphatic rings. The largest absolute Gasteiger partial charge is 0.240 e. The van der Waals surface area contributed by atoms with Crippen molar-refractivity contribution in [3.8, 4) is 16.9 Å². The zero-order chi connectivity index (χ0) is 14.1. The highest BCUT2D eigenvalue weighted by atomic mass is 19.1. The van der Waals surface area contributed by atoms with Gasteiger partial charge in [-0.15, -0.1) is 0 Å². The maximum absolute atomic E-state index is 13.2. The van der Waals surface area contributed by atoms with Gasteiger partial charge in [-0.25, -0.2) is 9.07 Å². The number of hydrogen-bond acceptors (Lipinski definition) is 1. The SMILES string of the molecule is Cc1cc(F)ccc1-c1ccn(-c2ccccc2C)n1. The second-order valence-corrected chi connectivity index (χ2v) is 4.89. The zero-order valence-electron chi connectivity index (χ0n) is 11.5. The summed E-state index contributed by atoms with van der Waals surface area (Å²) in [5, 5.41) is 4.60. The topological polar surface area (TPSA) is 17.8 Å². The third-order valence-corrected chi connectivity index (χ3v) is 3.42. The minimum absolute atomic E-state index is 0.218. The van der Waals surface area contributed by atoms with E-state index in [9.17, 15) is 4.39 Å². The van der Waals surface area contributed by atoms with Crippen molar-refractivity contribution in [2.45, 2.75) is 13.8 Å². The van der Waals surface area contributed by atoms with E-state index in [0.717, 1.165) is 28.1 Å². The normalized spacial score (nSPS) is 10.8. The Morgan fingerprint density at radius 2 is 1.75 bits per heavy atom. The molecule has 0 saturated carbocycles. The molecule has 0 amide bonds. The zero-order valence-corrected chi connectivity index (χ0v) is 11.5. The van der Waals surface area contributed by atoms with Crippen molar-refractivity contribution in [1.82, 2.24) is 9.78 Å². The summed E-state index contributed by atoms with van der Waals surface area (Å²) >= 11 is 0. The van der Waals surface area contributed by atoms with Gasteiger partial charge in [0.2, 0.25) is 0 Å². The van der Waals surface area contributed by atoms with Crippen LogP contribution in [0.2, 0.25) is 0 Å². The standard InChI is InChI=1S/C17H15FN2/c1-12-5-3-4-6-17(12)20-10-9-16(19-20)15-8-7-14(18)11-13(15)2/h3-11H,1-2H3. The fourth-order valence-electron chi connectivity index (χ4n) is 2.34. The van der Waals surface area contributed by atoms with Crippen molar-refractivity contribution in [2.24, 2.45) is 0 Å². The van der Waals surface area contributed by atoms with Gasteiger partial charge in [0.1, 0.15) is 5.82 Å². The van der Waals surface area contributed by atoms with E-state index in [1.165, 1.54) is 12.1 Å². The predicted octanol–water partition coefficient (Wildman–Crippen LogP) is 4.30. The van der Waals surface area contributed by atoms with Crippen LogP contribution in [0.4, 0.5) is 4.39 Å². The van der Waals surface area contributed by atoms with Gasteiger partial charge in [-0.3, -0.25) is 0 Å². The van der Waals surface area contributed by atoms with Gasteiger partial charge in [0.15, 0.2) is 0 Å². The molecule has 0 radical (unpaired) electrons. The lowest BCUT2D eigenvalue weighted by molar-refractivity contribution is 0.627. The van der Waals surface area contributed by atoms with E-state index in [2.05, 4.69) is 18.1 Å². The van der Waals surface area contributed by atoms with Crippen LogP contribution in [0.25, 0.3) is 16.9 Å². The van der Waals surface area contributed by atoms with Crippen LogP contribution in [0.5, 0.6) is 0 Å². The van der Waals surface area contributed by atoms with Crippen LogP contribution >= 0.6 is 0 Å². The highest BCUT2D eigenvalue weighted by Gasteiger charge is 2.08. The highest BCUT2D eigenvalue weighted by molar-refractivity contribution is 5.63. The third-order valence-electron chi connectivity index (χ3n) is 3.42. The Balaban J connectivity index is 2.04. The highest BCUT2D eigenvalue weighted by Crippen LogP contribution is 2.23. The lowest BCUT2D eigenvalue weighted by atomic mass is 10.1. The second-order valence-electron chi connectivity index (χ2n) is 4.89. The van der Waals surface area contributed by atoms with Gasteiger partial charge >= 0.3 is 0 Å². The Kier molecular flexibility index (Phi) is 3.11. The molecule has 0 bridgehead atoms. The molecule has 0 aliphatic heterocycles. The molecule has 20 heavy (non-hydrogen) atoms. The second kappa shape index (κ2) is 4.93. The Morgan fingerprint density at radius 1 is 0.950 bits per heavy atom. The molecule has 1 aromatic heterocycles. The van der Waals surface area contributed by atoms with E-state index in [-0.39, 0.29) is 5.82 Å². The lowest BCUT2D eigenvalue weighted by Gasteiger charge is -2.05. The first-order chi connectivity index (χ1) is 9.65. The van der Waals surface area contributed by atoms with Gasteiger partial charge in [-0.1, -0.05) is 18.2 Å². The lowest BCUT2D eigenvalue weighted by Crippen LogP contribution is -1.97. The fourth-order valence-corrected chi connectivity index (χ4v) is 2.34. The molecule has 2 nitrogen and oxygen atoms in total. The smallest absolute Gasteiger partial charge is 0.123 e. The number of para-hydroxylation sites is 1. The van der Waals surface area contributed by atoms with Crippen molar-refractivity contribution in [1.29, 1.82) is 0 Å². The van der Waals surface area contributed by atoms with Gasteiger partial charge in [0, 0.05) is 11.8 Å². The van der Waals surface area contributed by atoms with Crippen LogP contribution in [0.15, 0.2) is 54.7 Å². The summed E-state index contributed by atoms with van der Waals surface area (Å²) in [6, 6.07) is 14.8. The van der Waals surface area contributed by atoms with Gasteiger partial charge in [0.05, 0.1) is 11.4 Å². The molecule has 2 aromatic carbocycles. The summed E-state index contributed by atoms with van der Waals surface area (Å²) in [7, 11) is 0. The molecule has 1 heterocycles. The molecule has 0 fully saturated rings. The Labute approximate surface area is 117 Å². The molecule has 3 aromatic rings. The summed E-state index contributed by atoms with van der Waals surface area (Å²) in [5.74, 6) is -0.218. The van der Waals surface area contributed by atoms with Crippen LogP contribution in [-0.4, -0.2) is 9.78 Å². The van der Waals surface area contributed by atoms with E-state index in [1.807, 2.05) is 42.1 Å². The van der Waals surface area contributed by atoms with Crippen LogP contribution in [-0.2, 0) is 0 Å². The van der Waals surface area contributed by atoms with Gasteiger partial charge in [-0.05, 0) is 55.3 Å². The van der Waals surface area contributed by atoms with Crippen LogP contribution in [0.1, 0.15) is 11.1 Å². The van der Waals surface area contributed by atoms with Gasteiger partial charge in [-0.2, -0.15) is 5.10 Å². The quantitative estimate of drug-likeness (QED) is 0.676. The van der Waals surface area contributed by atoms with Gasteiger partial charge < -0.3 is 0 Å². The van der Waals surface area contributed by atoms with E-state index in [4.69, 9.17) is 0 Å². The van der Waals surface area contributed by atoms with E-state index in [1.54, 1.807) is 6.07 Å². The molecule has 3 rings (SSSR count). The van der Waals surface area contributed by atoms with E-state index < -0.39 is 0 Å². The van der Waals surface area contributed by atoms with Crippen molar-refractivity contribution in [3.05, 3.63) is 71.7 Å². The first-order valence-corrected chi connectivity index (χ1v) is 6.53. The molecule has 0 saturated heterocycles. The molecular weight excluding hydrogens is 251 g/mol. The van der Waals surface area contributed by atoms with Crippen molar-refractivity contribution >= 4 is 0 Å². The summed E-state index contributed by atoms with van der Waals surface area (Å²) in [4.78, 5) is 0. The Morgan fingerprint density at radius 3 is 2.50 bits per heavy atom. The fraction of sp³-hybridized carbons (Fsp3) is 0.118. The van der Waals surface area contributed by atoms with E-state index >= 15 is 0 Å². The van der Waals surface area contributed by atoms with Crippen LogP contribution in [0.3, 0.4) is 0 Å².